The molecule has 10 nitrogen and oxygen atoms in total. The highest BCUT2D eigenvalue weighted by Crippen LogP contribution is 2.41. The topological polar surface area (TPSA) is 105 Å². The number of amides is 1. The van der Waals surface area contributed by atoms with Crippen LogP contribution in [0.1, 0.15) is 18.4 Å². The summed E-state index contributed by atoms with van der Waals surface area (Å²) in [5, 5.41) is 9.35. The molecule has 10 heteroatoms. The first-order chi connectivity index (χ1) is 19.9. The monoisotopic (exact) mass is 552 g/mol. The lowest BCUT2D eigenvalue weighted by Crippen LogP contribution is -2.43. The molecule has 2 aliphatic heterocycles. The van der Waals surface area contributed by atoms with Gasteiger partial charge < -0.3 is 24.0 Å². The van der Waals surface area contributed by atoms with Crippen LogP contribution in [-0.4, -0.2) is 83.6 Å². The summed E-state index contributed by atoms with van der Waals surface area (Å²) in [7, 11) is 5.53. The third-order valence-electron chi connectivity index (χ3n) is 7.58. The van der Waals surface area contributed by atoms with E-state index in [0.717, 1.165) is 42.6 Å². The van der Waals surface area contributed by atoms with Gasteiger partial charge in [0, 0.05) is 44.5 Å². The van der Waals surface area contributed by atoms with E-state index in [9.17, 15) is 10.1 Å². The van der Waals surface area contributed by atoms with Gasteiger partial charge in [0.1, 0.15) is 6.61 Å². The number of piperidine rings is 1. The summed E-state index contributed by atoms with van der Waals surface area (Å²) in [6.07, 6.45) is 5.12. The van der Waals surface area contributed by atoms with E-state index in [1.54, 1.807) is 32.4 Å². The number of ether oxygens (including phenoxy) is 3. The summed E-state index contributed by atoms with van der Waals surface area (Å²) in [5.41, 5.74) is 4.30. The average molecular weight is 553 g/mol. The quantitative estimate of drug-likeness (QED) is 0.355. The van der Waals surface area contributed by atoms with E-state index in [0.29, 0.717) is 46.9 Å². The van der Waals surface area contributed by atoms with Crippen LogP contribution in [0.2, 0.25) is 0 Å². The molecule has 4 heterocycles. The minimum atomic E-state index is -0.732. The smallest absolute Gasteiger partial charge is 0.302 e. The van der Waals surface area contributed by atoms with Crippen molar-refractivity contribution in [3.63, 3.8) is 0 Å². The fourth-order valence-electron chi connectivity index (χ4n) is 5.47. The molecule has 2 aliphatic rings. The summed E-state index contributed by atoms with van der Waals surface area (Å²) in [5.74, 6) is 1.30. The number of benzene rings is 2. The highest BCUT2D eigenvalue weighted by atomic mass is 16.6. The third kappa shape index (κ3) is 5.28. The van der Waals surface area contributed by atoms with Crippen LogP contribution in [0.3, 0.4) is 0 Å². The molecule has 2 atom stereocenters. The van der Waals surface area contributed by atoms with Crippen molar-refractivity contribution in [2.45, 2.75) is 18.9 Å². The van der Waals surface area contributed by atoms with Gasteiger partial charge in [-0.1, -0.05) is 18.2 Å². The van der Waals surface area contributed by atoms with Crippen molar-refractivity contribution in [1.82, 2.24) is 24.2 Å². The molecule has 2 aromatic carbocycles. The number of fused-ring (bicyclic) bond motifs is 2. The van der Waals surface area contributed by atoms with Crippen LogP contribution in [0.15, 0.2) is 54.9 Å². The van der Waals surface area contributed by atoms with Gasteiger partial charge in [0.25, 0.3) is 5.91 Å². The van der Waals surface area contributed by atoms with E-state index in [1.807, 2.05) is 40.9 Å². The zero-order valence-corrected chi connectivity index (χ0v) is 23.4. The van der Waals surface area contributed by atoms with Crippen molar-refractivity contribution in [3.8, 4) is 46.0 Å². The summed E-state index contributed by atoms with van der Waals surface area (Å²) in [4.78, 5) is 26.2. The maximum absolute atomic E-state index is 12.6. The van der Waals surface area contributed by atoms with E-state index in [4.69, 9.17) is 24.2 Å². The first-order valence-electron chi connectivity index (χ1n) is 13.7. The van der Waals surface area contributed by atoms with Gasteiger partial charge in [-0.15, -0.1) is 0 Å². The predicted molar refractivity (Wildman–Crippen MR) is 153 cm³/mol. The molecular formula is C31H32N6O4. The Morgan fingerprint density at radius 1 is 1.17 bits per heavy atom. The Bertz CT molecular complexity index is 1620. The number of aromatic nitrogens is 3. The van der Waals surface area contributed by atoms with Crippen LogP contribution in [0.4, 0.5) is 0 Å². The lowest BCUT2D eigenvalue weighted by atomic mass is 9.98. The molecule has 1 amide bonds. The molecule has 0 radical (unpaired) electrons. The first kappa shape index (κ1) is 26.6. The molecule has 0 bridgehead atoms. The van der Waals surface area contributed by atoms with Crippen molar-refractivity contribution in [2.75, 3.05) is 47.4 Å². The third-order valence-corrected chi connectivity index (χ3v) is 7.58. The van der Waals surface area contributed by atoms with Gasteiger partial charge in [0.15, 0.2) is 17.1 Å². The summed E-state index contributed by atoms with van der Waals surface area (Å²) in [6.45, 7) is 2.80. The zero-order chi connectivity index (χ0) is 28.5. The number of hydrogen-bond acceptors (Lipinski definition) is 8. The van der Waals surface area contributed by atoms with Gasteiger partial charge in [0.05, 0.1) is 29.5 Å². The zero-order valence-electron chi connectivity index (χ0n) is 23.4. The average Bonchev–Trinajstić information content (AvgIpc) is 3.49. The lowest BCUT2D eigenvalue weighted by molar-refractivity contribution is -0.138. The van der Waals surface area contributed by atoms with Gasteiger partial charge in [-0.05, 0) is 56.3 Å². The minimum absolute atomic E-state index is 0.148. The number of nitriles is 1. The molecule has 1 fully saturated rings. The molecule has 0 saturated carbocycles. The van der Waals surface area contributed by atoms with Crippen molar-refractivity contribution >= 4 is 11.6 Å². The number of likely N-dealkylation sites (N-methyl/N-ethyl adjacent to an activating group) is 1. The number of rotatable bonds is 6. The molecule has 2 aromatic heterocycles. The second-order valence-electron chi connectivity index (χ2n) is 10.8. The van der Waals surface area contributed by atoms with Crippen LogP contribution in [0.5, 0.6) is 17.5 Å². The van der Waals surface area contributed by atoms with Gasteiger partial charge in [0.2, 0.25) is 6.10 Å². The molecule has 41 heavy (non-hydrogen) atoms. The minimum Gasteiger partial charge on any atom is -0.485 e. The first-order valence-corrected chi connectivity index (χ1v) is 13.7. The maximum Gasteiger partial charge on any atom is 0.302 e. The van der Waals surface area contributed by atoms with E-state index >= 15 is 0 Å². The number of imidazole rings is 1. The van der Waals surface area contributed by atoms with Crippen LogP contribution < -0.4 is 14.2 Å². The second-order valence-corrected chi connectivity index (χ2v) is 10.8. The van der Waals surface area contributed by atoms with Crippen LogP contribution >= 0.6 is 0 Å². The Labute approximate surface area is 238 Å². The fourth-order valence-corrected chi connectivity index (χ4v) is 5.47. The van der Waals surface area contributed by atoms with E-state index in [-0.39, 0.29) is 12.5 Å². The SMILES string of the molecule is CN1CCC[C@@H](COc2nc(-c3ccc(C#N)cc3)c(-c3ccc4c(c3)OC(C(=O)N(C)C)CO4)c3nccn23)C1. The fraction of sp³-hybridized carbons (Fsp3) is 0.355. The summed E-state index contributed by atoms with van der Waals surface area (Å²) in [6, 6.07) is 15.6. The Balaban J connectivity index is 1.44. The highest BCUT2D eigenvalue weighted by molar-refractivity contribution is 5.91. The second kappa shape index (κ2) is 11.1. The number of carbonyl (C=O) groups excluding carboxylic acids is 1. The van der Waals surface area contributed by atoms with E-state index in [2.05, 4.69) is 18.0 Å². The molecule has 1 saturated heterocycles. The molecule has 210 valence electrons. The molecule has 6 rings (SSSR count). The molecule has 0 aliphatic carbocycles. The summed E-state index contributed by atoms with van der Waals surface area (Å²) < 4.78 is 20.2. The number of nitrogens with zero attached hydrogens (tertiary/aromatic N) is 6. The van der Waals surface area contributed by atoms with E-state index < -0.39 is 6.10 Å². The molecule has 4 aromatic rings. The van der Waals surface area contributed by atoms with Gasteiger partial charge in [-0.3, -0.25) is 9.20 Å². The van der Waals surface area contributed by atoms with Crippen molar-refractivity contribution in [1.29, 1.82) is 5.26 Å². The molecule has 1 unspecified atom stereocenters. The number of likely N-dealkylation sites (tertiary alicyclic amines) is 1. The highest BCUT2D eigenvalue weighted by Gasteiger charge is 2.30. The van der Waals surface area contributed by atoms with Crippen molar-refractivity contribution < 1.29 is 19.0 Å². The van der Waals surface area contributed by atoms with Gasteiger partial charge in [-0.2, -0.15) is 10.2 Å². The van der Waals surface area contributed by atoms with Crippen molar-refractivity contribution in [2.24, 2.45) is 5.92 Å². The normalized spacial score (nSPS) is 18.6. The molecular weight excluding hydrogens is 520 g/mol. The Hall–Kier alpha value is -4.62. The molecule has 0 spiro atoms. The number of carbonyl (C=O) groups is 1. The van der Waals surface area contributed by atoms with Crippen LogP contribution in [0.25, 0.3) is 28.0 Å². The van der Waals surface area contributed by atoms with Gasteiger partial charge in [-0.25, -0.2) is 4.98 Å². The molecule has 0 N–H and O–H groups in total. The standard InChI is InChI=1S/C31H32N6O4/c1-35(2)30(38)26-19-39-24-11-10-23(15-25(24)41-26)27-28(22-8-6-20(16-32)7-9-22)34-31(37-14-12-33-29(27)37)40-18-21-5-4-13-36(3)17-21/h6-12,14-15,21,26H,4-5,13,17-19H2,1-3H3/t21-,26?/m1/s1. The Morgan fingerprint density at radius 2 is 1.98 bits per heavy atom. The summed E-state index contributed by atoms with van der Waals surface area (Å²) >= 11 is 0. The van der Waals surface area contributed by atoms with Crippen LogP contribution in [-0.2, 0) is 4.79 Å². The number of hydrogen-bond donors (Lipinski definition) is 0. The predicted octanol–water partition coefficient (Wildman–Crippen LogP) is 3.88. The Kier molecular flexibility index (Phi) is 7.20. The Morgan fingerprint density at radius 3 is 2.73 bits per heavy atom. The van der Waals surface area contributed by atoms with Crippen molar-refractivity contribution in [3.05, 3.63) is 60.4 Å². The lowest BCUT2D eigenvalue weighted by Gasteiger charge is -2.29. The van der Waals surface area contributed by atoms with Gasteiger partial charge >= 0.3 is 6.01 Å². The maximum atomic E-state index is 12.6. The van der Waals surface area contributed by atoms with Crippen LogP contribution in [0, 0.1) is 17.2 Å². The van der Waals surface area contributed by atoms with E-state index in [1.165, 1.54) is 4.90 Å². The largest absolute Gasteiger partial charge is 0.485 e.